The molecule has 2 N–H and O–H groups in total. The maximum absolute atomic E-state index is 9.55. The number of hydrogen-bond donors (Lipinski definition) is 2. The third kappa shape index (κ3) is 2.39. The number of benzene rings is 1. The van der Waals surface area contributed by atoms with E-state index in [1.807, 2.05) is 0 Å². The van der Waals surface area contributed by atoms with Crippen LogP contribution in [0, 0.1) is 0 Å². The molecule has 0 unspecified atom stereocenters. The van der Waals surface area contributed by atoms with Gasteiger partial charge in [-0.15, -0.1) is 0 Å². The molecule has 4 nitrogen and oxygen atoms in total. The van der Waals surface area contributed by atoms with Gasteiger partial charge in [-0.05, 0) is 18.6 Å². The van der Waals surface area contributed by atoms with E-state index in [4.69, 9.17) is 9.94 Å². The molecular weight excluding hydrogens is 182 g/mol. The summed E-state index contributed by atoms with van der Waals surface area (Å²) in [7, 11) is 1.54. The molecule has 76 valence electrons. The SMILES string of the molecule is COc1ccc(C/C(C)=N/O)c(O)c1. The largest absolute Gasteiger partial charge is 0.508 e. The van der Waals surface area contributed by atoms with Gasteiger partial charge in [0.05, 0.1) is 12.8 Å². The normalized spacial score (nSPS) is 11.4. The first-order valence-corrected chi connectivity index (χ1v) is 4.20. The van der Waals surface area contributed by atoms with Crippen LogP contribution in [0.5, 0.6) is 11.5 Å². The second-order valence-electron chi connectivity index (χ2n) is 3.01. The minimum Gasteiger partial charge on any atom is -0.508 e. The van der Waals surface area contributed by atoms with Gasteiger partial charge in [-0.25, -0.2) is 0 Å². The summed E-state index contributed by atoms with van der Waals surface area (Å²) < 4.78 is 4.94. The number of methoxy groups -OCH3 is 1. The Labute approximate surface area is 82.4 Å². The van der Waals surface area contributed by atoms with Crippen LogP contribution in [-0.4, -0.2) is 23.1 Å². The zero-order chi connectivity index (χ0) is 10.6. The molecule has 0 saturated carbocycles. The fraction of sp³-hybridized carbons (Fsp3) is 0.300. The second kappa shape index (κ2) is 4.50. The maximum Gasteiger partial charge on any atom is 0.122 e. The molecule has 0 aliphatic rings. The van der Waals surface area contributed by atoms with Gasteiger partial charge in [0.1, 0.15) is 11.5 Å². The van der Waals surface area contributed by atoms with Crippen LogP contribution in [0.15, 0.2) is 23.4 Å². The van der Waals surface area contributed by atoms with Crippen LogP contribution < -0.4 is 4.74 Å². The first kappa shape index (κ1) is 10.4. The second-order valence-corrected chi connectivity index (χ2v) is 3.01. The van der Waals surface area contributed by atoms with Crippen molar-refractivity contribution >= 4 is 5.71 Å². The lowest BCUT2D eigenvalue weighted by molar-refractivity contribution is 0.317. The summed E-state index contributed by atoms with van der Waals surface area (Å²) in [5.74, 6) is 0.747. The predicted molar refractivity (Wildman–Crippen MR) is 53.3 cm³/mol. The molecule has 0 bridgehead atoms. The van der Waals surface area contributed by atoms with Crippen molar-refractivity contribution in [2.75, 3.05) is 7.11 Å². The Hall–Kier alpha value is -1.71. The monoisotopic (exact) mass is 195 g/mol. The van der Waals surface area contributed by atoms with Crippen LogP contribution in [0.3, 0.4) is 0 Å². The Morgan fingerprint density at radius 1 is 1.50 bits per heavy atom. The molecule has 0 fully saturated rings. The number of aromatic hydroxyl groups is 1. The van der Waals surface area contributed by atoms with Crippen molar-refractivity contribution in [3.8, 4) is 11.5 Å². The molecule has 0 amide bonds. The minimum atomic E-state index is 0.146. The number of phenols is 1. The molecule has 0 saturated heterocycles. The Bertz CT molecular complexity index is 347. The Kier molecular flexibility index (Phi) is 3.34. The van der Waals surface area contributed by atoms with Crippen molar-refractivity contribution in [3.63, 3.8) is 0 Å². The Morgan fingerprint density at radius 3 is 2.71 bits per heavy atom. The van der Waals surface area contributed by atoms with Crippen LogP contribution in [0.2, 0.25) is 0 Å². The molecule has 0 spiro atoms. The Balaban J connectivity index is 2.89. The van der Waals surface area contributed by atoms with Gasteiger partial charge in [0.25, 0.3) is 0 Å². The van der Waals surface area contributed by atoms with E-state index < -0.39 is 0 Å². The summed E-state index contributed by atoms with van der Waals surface area (Å²) in [5.41, 5.74) is 1.26. The summed E-state index contributed by atoms with van der Waals surface area (Å²) in [5, 5.41) is 21.1. The molecule has 0 aliphatic carbocycles. The average Bonchev–Trinajstić information content (AvgIpc) is 2.20. The molecule has 4 heteroatoms. The van der Waals surface area contributed by atoms with E-state index in [9.17, 15) is 5.11 Å². The first-order valence-electron chi connectivity index (χ1n) is 4.20. The van der Waals surface area contributed by atoms with Crippen molar-refractivity contribution in [2.45, 2.75) is 13.3 Å². The molecule has 14 heavy (non-hydrogen) atoms. The summed E-state index contributed by atoms with van der Waals surface area (Å²) in [4.78, 5) is 0. The van der Waals surface area contributed by atoms with Crippen LogP contribution >= 0.6 is 0 Å². The standard InChI is InChI=1S/C10H13NO3/c1-7(11-13)5-8-3-4-9(14-2)6-10(8)12/h3-4,6,12-13H,5H2,1-2H3/b11-7+. The van der Waals surface area contributed by atoms with Crippen molar-refractivity contribution < 1.29 is 15.1 Å². The third-order valence-electron chi connectivity index (χ3n) is 1.91. The molecule has 0 radical (unpaired) electrons. The number of hydrogen-bond acceptors (Lipinski definition) is 4. The van der Waals surface area contributed by atoms with Gasteiger partial charge in [-0.1, -0.05) is 11.2 Å². The van der Waals surface area contributed by atoms with Crippen LogP contribution in [-0.2, 0) is 6.42 Å². The molecular formula is C10H13NO3. The van der Waals surface area contributed by atoms with Crippen LogP contribution in [0.1, 0.15) is 12.5 Å². The lowest BCUT2D eigenvalue weighted by Gasteiger charge is -2.05. The molecule has 1 aromatic rings. The van der Waals surface area contributed by atoms with Crippen molar-refractivity contribution in [1.29, 1.82) is 0 Å². The molecule has 0 atom stereocenters. The smallest absolute Gasteiger partial charge is 0.122 e. The van der Waals surface area contributed by atoms with Crippen molar-refractivity contribution in [1.82, 2.24) is 0 Å². The van der Waals surface area contributed by atoms with Gasteiger partial charge in [-0.2, -0.15) is 0 Å². The topological polar surface area (TPSA) is 62.0 Å². The summed E-state index contributed by atoms with van der Waals surface area (Å²) in [6.45, 7) is 1.68. The van der Waals surface area contributed by atoms with Gasteiger partial charge in [0.15, 0.2) is 0 Å². The predicted octanol–water partition coefficient (Wildman–Crippen LogP) is 1.79. The maximum atomic E-state index is 9.55. The summed E-state index contributed by atoms with van der Waals surface area (Å²) >= 11 is 0. The highest BCUT2D eigenvalue weighted by Crippen LogP contribution is 2.23. The number of phenolic OH excluding ortho intramolecular Hbond substituents is 1. The highest BCUT2D eigenvalue weighted by molar-refractivity contribution is 5.84. The van der Waals surface area contributed by atoms with E-state index in [-0.39, 0.29) is 5.75 Å². The fourth-order valence-electron chi connectivity index (χ4n) is 1.13. The minimum absolute atomic E-state index is 0.146. The van der Waals surface area contributed by atoms with E-state index in [0.29, 0.717) is 23.4 Å². The number of ether oxygens (including phenoxy) is 1. The molecule has 0 heterocycles. The third-order valence-corrected chi connectivity index (χ3v) is 1.91. The molecule has 1 rings (SSSR count). The van der Waals surface area contributed by atoms with Crippen LogP contribution in [0.4, 0.5) is 0 Å². The number of nitrogens with zero attached hydrogens (tertiary/aromatic N) is 1. The zero-order valence-electron chi connectivity index (χ0n) is 8.19. The van der Waals surface area contributed by atoms with Gasteiger partial charge in [0.2, 0.25) is 0 Å². The van der Waals surface area contributed by atoms with Crippen LogP contribution in [0.25, 0.3) is 0 Å². The Morgan fingerprint density at radius 2 is 2.21 bits per heavy atom. The van der Waals surface area contributed by atoms with E-state index in [1.165, 1.54) is 13.2 Å². The first-order chi connectivity index (χ1) is 6.67. The van der Waals surface area contributed by atoms with Gasteiger partial charge in [0, 0.05) is 12.5 Å². The average molecular weight is 195 g/mol. The van der Waals surface area contributed by atoms with Crippen molar-refractivity contribution in [3.05, 3.63) is 23.8 Å². The van der Waals surface area contributed by atoms with E-state index in [2.05, 4.69) is 5.16 Å². The number of oxime groups is 1. The zero-order valence-corrected chi connectivity index (χ0v) is 8.19. The fourth-order valence-corrected chi connectivity index (χ4v) is 1.13. The molecule has 0 aromatic heterocycles. The van der Waals surface area contributed by atoms with Crippen molar-refractivity contribution in [2.24, 2.45) is 5.16 Å². The number of rotatable bonds is 3. The van der Waals surface area contributed by atoms with Gasteiger partial charge in [-0.3, -0.25) is 0 Å². The highest BCUT2D eigenvalue weighted by Gasteiger charge is 2.04. The lowest BCUT2D eigenvalue weighted by Crippen LogP contribution is -1.97. The molecule has 1 aromatic carbocycles. The quantitative estimate of drug-likeness (QED) is 0.439. The summed E-state index contributed by atoms with van der Waals surface area (Å²) in [6, 6.07) is 5.02. The van der Waals surface area contributed by atoms with E-state index in [0.717, 1.165) is 0 Å². The van der Waals surface area contributed by atoms with E-state index in [1.54, 1.807) is 19.1 Å². The highest BCUT2D eigenvalue weighted by atomic mass is 16.5. The summed E-state index contributed by atoms with van der Waals surface area (Å²) in [6.07, 6.45) is 0.423. The van der Waals surface area contributed by atoms with Gasteiger partial charge < -0.3 is 15.1 Å². The van der Waals surface area contributed by atoms with Gasteiger partial charge >= 0.3 is 0 Å². The lowest BCUT2D eigenvalue weighted by atomic mass is 10.1. The van der Waals surface area contributed by atoms with E-state index >= 15 is 0 Å². The molecule has 0 aliphatic heterocycles.